The van der Waals surface area contributed by atoms with E-state index >= 15 is 0 Å². The molecule has 0 saturated carbocycles. The summed E-state index contributed by atoms with van der Waals surface area (Å²) in [4.78, 5) is 12.1. The van der Waals surface area contributed by atoms with Crippen LogP contribution >= 0.6 is 34.8 Å². The summed E-state index contributed by atoms with van der Waals surface area (Å²) in [5, 5.41) is 0.675. The van der Waals surface area contributed by atoms with Gasteiger partial charge in [-0.3, -0.25) is 4.79 Å². The van der Waals surface area contributed by atoms with Crippen LogP contribution in [0.5, 0.6) is 0 Å². The molecule has 0 spiro atoms. The molecule has 0 heterocycles. The van der Waals surface area contributed by atoms with Gasteiger partial charge in [0, 0.05) is 17.0 Å². The molecular formula is C14H8Cl3FO. The minimum Gasteiger partial charge on any atom is -0.294 e. The van der Waals surface area contributed by atoms with E-state index in [2.05, 4.69) is 0 Å². The van der Waals surface area contributed by atoms with Crippen molar-refractivity contribution in [2.45, 2.75) is 6.42 Å². The van der Waals surface area contributed by atoms with Gasteiger partial charge in [-0.15, -0.1) is 0 Å². The first-order valence-electron chi connectivity index (χ1n) is 5.40. The van der Waals surface area contributed by atoms with Crippen molar-refractivity contribution in [2.24, 2.45) is 0 Å². The number of hydrogen-bond acceptors (Lipinski definition) is 1. The Morgan fingerprint density at radius 2 is 1.84 bits per heavy atom. The molecular weight excluding hydrogens is 310 g/mol. The van der Waals surface area contributed by atoms with Gasteiger partial charge in [-0.05, 0) is 29.8 Å². The summed E-state index contributed by atoms with van der Waals surface area (Å²) in [5.41, 5.74) is 0.720. The van der Waals surface area contributed by atoms with Crippen LogP contribution in [0, 0.1) is 5.82 Å². The summed E-state index contributed by atoms with van der Waals surface area (Å²) in [6, 6.07) is 8.97. The fourth-order valence-corrected chi connectivity index (χ4v) is 2.25. The maximum absolute atomic E-state index is 13.3. The van der Waals surface area contributed by atoms with Crippen molar-refractivity contribution in [3.05, 3.63) is 68.4 Å². The van der Waals surface area contributed by atoms with Crippen LogP contribution in [-0.4, -0.2) is 5.78 Å². The monoisotopic (exact) mass is 316 g/mol. The lowest BCUT2D eigenvalue weighted by Gasteiger charge is -2.06. The lowest BCUT2D eigenvalue weighted by molar-refractivity contribution is 0.0993. The van der Waals surface area contributed by atoms with Crippen LogP contribution < -0.4 is 0 Å². The first-order valence-corrected chi connectivity index (χ1v) is 6.53. The van der Waals surface area contributed by atoms with Gasteiger partial charge < -0.3 is 0 Å². The third kappa shape index (κ3) is 3.27. The molecule has 0 unspecified atom stereocenters. The van der Waals surface area contributed by atoms with Crippen LogP contribution in [-0.2, 0) is 6.42 Å². The summed E-state index contributed by atoms with van der Waals surface area (Å²) in [5.74, 6) is -0.816. The summed E-state index contributed by atoms with van der Waals surface area (Å²) >= 11 is 17.6. The average Bonchev–Trinajstić information content (AvgIpc) is 2.38. The van der Waals surface area contributed by atoms with Crippen LogP contribution in [0.3, 0.4) is 0 Å². The number of carbonyl (C=O) groups is 1. The van der Waals surface area contributed by atoms with Gasteiger partial charge >= 0.3 is 0 Å². The molecule has 2 rings (SSSR count). The Bertz CT molecular complexity index is 641. The Morgan fingerprint density at radius 1 is 1.11 bits per heavy atom. The smallest absolute Gasteiger partial charge is 0.168 e. The highest BCUT2D eigenvalue weighted by Crippen LogP contribution is 2.25. The zero-order chi connectivity index (χ0) is 14.0. The summed E-state index contributed by atoms with van der Waals surface area (Å²) in [6.45, 7) is 0. The molecule has 2 aromatic carbocycles. The molecule has 0 radical (unpaired) electrons. The zero-order valence-corrected chi connectivity index (χ0v) is 11.9. The summed E-state index contributed by atoms with van der Waals surface area (Å²) in [6.07, 6.45) is -0.0311. The molecule has 0 atom stereocenters. The number of Topliss-reactive ketones (excluding diaryl/α,β-unsaturated/α-hetero) is 1. The highest BCUT2D eigenvalue weighted by Gasteiger charge is 2.15. The molecule has 0 N–H and O–H groups in total. The van der Waals surface area contributed by atoms with Crippen molar-refractivity contribution in [2.75, 3.05) is 0 Å². The Labute approximate surface area is 124 Å². The van der Waals surface area contributed by atoms with Crippen molar-refractivity contribution in [3.63, 3.8) is 0 Å². The minimum absolute atomic E-state index is 0.0311. The van der Waals surface area contributed by atoms with Gasteiger partial charge in [-0.2, -0.15) is 0 Å². The number of ketones is 1. The van der Waals surface area contributed by atoms with Gasteiger partial charge in [0.05, 0.1) is 10.0 Å². The van der Waals surface area contributed by atoms with E-state index in [-0.39, 0.29) is 17.2 Å². The van der Waals surface area contributed by atoms with Crippen molar-refractivity contribution in [3.8, 4) is 0 Å². The second-order valence-electron chi connectivity index (χ2n) is 3.94. The van der Waals surface area contributed by atoms with Crippen LogP contribution in [0.15, 0.2) is 36.4 Å². The molecule has 0 aliphatic heterocycles. The van der Waals surface area contributed by atoms with E-state index in [4.69, 9.17) is 34.8 Å². The lowest BCUT2D eigenvalue weighted by atomic mass is 10.0. The Morgan fingerprint density at radius 3 is 2.58 bits per heavy atom. The molecule has 0 bridgehead atoms. The average molecular weight is 318 g/mol. The predicted molar refractivity (Wildman–Crippen MR) is 75.9 cm³/mol. The highest BCUT2D eigenvalue weighted by molar-refractivity contribution is 6.36. The first-order chi connectivity index (χ1) is 8.99. The molecule has 5 heteroatoms. The second-order valence-corrected chi connectivity index (χ2v) is 5.16. The largest absolute Gasteiger partial charge is 0.294 e. The number of hydrogen-bond donors (Lipinski definition) is 0. The standard InChI is InChI=1S/C14H8Cl3FO/c15-9-4-5-11(16)10(7-9)13(19)6-8-2-1-3-12(18)14(8)17/h1-5,7H,6H2. The molecule has 0 fully saturated rings. The van der Waals surface area contributed by atoms with E-state index < -0.39 is 5.82 Å². The van der Waals surface area contributed by atoms with Crippen LogP contribution in [0.25, 0.3) is 0 Å². The second kappa shape index (κ2) is 5.91. The van der Waals surface area contributed by atoms with E-state index in [1.807, 2.05) is 0 Å². The molecule has 0 amide bonds. The topological polar surface area (TPSA) is 17.1 Å². The molecule has 2 aromatic rings. The normalized spacial score (nSPS) is 10.5. The molecule has 0 saturated heterocycles. The number of benzene rings is 2. The van der Waals surface area contributed by atoms with Crippen molar-refractivity contribution >= 4 is 40.6 Å². The molecule has 98 valence electrons. The fraction of sp³-hybridized carbons (Fsp3) is 0.0714. The van der Waals surface area contributed by atoms with Gasteiger partial charge in [-0.25, -0.2) is 4.39 Å². The molecule has 1 nitrogen and oxygen atoms in total. The quantitative estimate of drug-likeness (QED) is 0.710. The van der Waals surface area contributed by atoms with Crippen molar-refractivity contribution in [1.82, 2.24) is 0 Å². The molecule has 0 aliphatic rings. The van der Waals surface area contributed by atoms with Gasteiger partial charge in [0.1, 0.15) is 5.82 Å². The van der Waals surface area contributed by atoms with Crippen LogP contribution in [0.2, 0.25) is 15.1 Å². The third-order valence-electron chi connectivity index (χ3n) is 2.61. The van der Waals surface area contributed by atoms with Gasteiger partial charge in [0.15, 0.2) is 5.78 Å². The maximum Gasteiger partial charge on any atom is 0.168 e. The lowest BCUT2D eigenvalue weighted by Crippen LogP contribution is -2.05. The Kier molecular flexibility index (Phi) is 4.46. The minimum atomic E-state index is -0.552. The number of halogens is 4. The number of carbonyl (C=O) groups excluding carboxylic acids is 1. The maximum atomic E-state index is 13.3. The van der Waals surface area contributed by atoms with E-state index in [0.29, 0.717) is 21.2 Å². The fourth-order valence-electron chi connectivity index (χ4n) is 1.66. The SMILES string of the molecule is O=C(Cc1cccc(F)c1Cl)c1cc(Cl)ccc1Cl. The van der Waals surface area contributed by atoms with E-state index in [1.165, 1.54) is 18.2 Å². The molecule has 19 heavy (non-hydrogen) atoms. The van der Waals surface area contributed by atoms with Crippen LogP contribution in [0.4, 0.5) is 4.39 Å². The Hall–Kier alpha value is -1.09. The number of rotatable bonds is 3. The van der Waals surface area contributed by atoms with Gasteiger partial charge in [0.2, 0.25) is 0 Å². The van der Waals surface area contributed by atoms with Crippen molar-refractivity contribution in [1.29, 1.82) is 0 Å². The van der Waals surface area contributed by atoms with E-state index in [0.717, 1.165) is 0 Å². The zero-order valence-electron chi connectivity index (χ0n) is 9.59. The molecule has 0 aliphatic carbocycles. The summed E-state index contributed by atoms with van der Waals surface area (Å²) < 4.78 is 13.3. The predicted octanol–water partition coefficient (Wildman–Crippen LogP) is 5.21. The van der Waals surface area contributed by atoms with Gasteiger partial charge in [-0.1, -0.05) is 46.9 Å². The molecule has 0 aromatic heterocycles. The van der Waals surface area contributed by atoms with Gasteiger partial charge in [0.25, 0.3) is 0 Å². The first kappa shape index (κ1) is 14.3. The third-order valence-corrected chi connectivity index (χ3v) is 3.60. The highest BCUT2D eigenvalue weighted by atomic mass is 35.5. The summed E-state index contributed by atoms with van der Waals surface area (Å²) in [7, 11) is 0. The van der Waals surface area contributed by atoms with E-state index in [1.54, 1.807) is 18.2 Å². The Balaban J connectivity index is 2.31. The van der Waals surface area contributed by atoms with E-state index in [9.17, 15) is 9.18 Å². The van der Waals surface area contributed by atoms with Crippen molar-refractivity contribution < 1.29 is 9.18 Å². The van der Waals surface area contributed by atoms with Crippen LogP contribution in [0.1, 0.15) is 15.9 Å².